The Morgan fingerprint density at radius 1 is 1.26 bits per heavy atom. The van der Waals surface area contributed by atoms with Crippen LogP contribution in [0.1, 0.15) is 78.1 Å². The number of hydrogen-bond acceptors (Lipinski definition) is 3. The van der Waals surface area contributed by atoms with Crippen molar-refractivity contribution in [1.29, 1.82) is 0 Å². The van der Waals surface area contributed by atoms with E-state index in [1.807, 2.05) is 6.92 Å². The molecule has 128 valence electrons. The summed E-state index contributed by atoms with van der Waals surface area (Å²) < 4.78 is 5.65. The summed E-state index contributed by atoms with van der Waals surface area (Å²) >= 11 is 0. The molecule has 3 heteroatoms. The van der Waals surface area contributed by atoms with Crippen molar-refractivity contribution in [3.05, 3.63) is 12.2 Å². The topological polar surface area (TPSA) is 43.4 Å². The van der Waals surface area contributed by atoms with Crippen molar-refractivity contribution in [1.82, 2.24) is 0 Å². The van der Waals surface area contributed by atoms with Gasteiger partial charge in [-0.15, -0.1) is 0 Å². The first-order valence-corrected chi connectivity index (χ1v) is 9.46. The summed E-state index contributed by atoms with van der Waals surface area (Å²) in [6.45, 7) is 4.22. The molecular weight excluding hydrogens is 288 g/mol. The zero-order valence-corrected chi connectivity index (χ0v) is 14.6. The molecule has 2 fully saturated rings. The molecule has 0 N–H and O–H groups in total. The Bertz CT molecular complexity index is 509. The second kappa shape index (κ2) is 6.41. The van der Waals surface area contributed by atoms with Gasteiger partial charge in [0.2, 0.25) is 0 Å². The molecule has 0 unspecified atom stereocenters. The van der Waals surface area contributed by atoms with Crippen molar-refractivity contribution in [2.75, 3.05) is 0 Å². The Kier molecular flexibility index (Phi) is 4.66. The Balaban J connectivity index is 1.72. The van der Waals surface area contributed by atoms with Crippen LogP contribution in [0.15, 0.2) is 12.2 Å². The van der Waals surface area contributed by atoms with Gasteiger partial charge in [-0.25, -0.2) is 0 Å². The fraction of sp³-hybridized carbons (Fsp3) is 0.800. The minimum absolute atomic E-state index is 0.0790. The summed E-state index contributed by atoms with van der Waals surface area (Å²) in [5, 5.41) is 0. The van der Waals surface area contributed by atoms with E-state index in [1.54, 1.807) is 0 Å². The van der Waals surface area contributed by atoms with Crippen LogP contribution < -0.4 is 0 Å². The lowest BCUT2D eigenvalue weighted by Crippen LogP contribution is -2.65. The molecule has 1 heterocycles. The van der Waals surface area contributed by atoms with Crippen molar-refractivity contribution >= 4 is 11.8 Å². The number of esters is 1. The lowest BCUT2D eigenvalue weighted by molar-refractivity contribution is -0.242. The minimum Gasteiger partial charge on any atom is -0.457 e. The lowest BCUT2D eigenvalue weighted by Gasteiger charge is -2.53. The van der Waals surface area contributed by atoms with Crippen LogP contribution in [0.5, 0.6) is 0 Å². The van der Waals surface area contributed by atoms with Crippen LogP contribution in [-0.4, -0.2) is 17.4 Å². The fourth-order valence-electron chi connectivity index (χ4n) is 4.99. The average Bonchev–Trinajstić information content (AvgIpc) is 2.70. The van der Waals surface area contributed by atoms with Crippen molar-refractivity contribution in [2.45, 2.75) is 83.7 Å². The van der Waals surface area contributed by atoms with Gasteiger partial charge in [0.1, 0.15) is 16.8 Å². The molecule has 23 heavy (non-hydrogen) atoms. The second-order valence-corrected chi connectivity index (χ2v) is 7.95. The van der Waals surface area contributed by atoms with E-state index >= 15 is 0 Å². The highest BCUT2D eigenvalue weighted by molar-refractivity contribution is 5.99. The van der Waals surface area contributed by atoms with Crippen LogP contribution in [0.3, 0.4) is 0 Å². The standard InChI is InChI=1S/C20H30O3/c1-3-4-5-9-12-16-17(21)14-20(18(22)23-19(16,20)2)13-15-10-7-6-8-11-15/h7,10,15-16H,3-6,8-9,11-14H2,1-2H3/t15-,16+,19+,20+/m1/s1. The first-order chi connectivity index (χ1) is 11.0. The number of allylic oxidation sites excluding steroid dienone is 2. The van der Waals surface area contributed by atoms with Crippen LogP contribution in [0.25, 0.3) is 0 Å². The molecule has 0 aromatic carbocycles. The van der Waals surface area contributed by atoms with E-state index in [0.717, 1.165) is 32.1 Å². The zero-order chi connectivity index (χ0) is 16.5. The van der Waals surface area contributed by atoms with E-state index in [4.69, 9.17) is 4.74 Å². The molecule has 2 aliphatic carbocycles. The zero-order valence-electron chi connectivity index (χ0n) is 14.6. The highest BCUT2D eigenvalue weighted by Gasteiger charge is 2.75. The van der Waals surface area contributed by atoms with Crippen LogP contribution >= 0.6 is 0 Å². The number of carbonyl (C=O) groups excluding carboxylic acids is 2. The smallest absolute Gasteiger partial charge is 0.317 e. The quantitative estimate of drug-likeness (QED) is 0.391. The highest BCUT2D eigenvalue weighted by atomic mass is 16.6. The van der Waals surface area contributed by atoms with Gasteiger partial charge in [-0.2, -0.15) is 0 Å². The largest absolute Gasteiger partial charge is 0.457 e. The first kappa shape index (κ1) is 16.7. The van der Waals surface area contributed by atoms with E-state index in [2.05, 4.69) is 19.1 Å². The Morgan fingerprint density at radius 3 is 2.74 bits per heavy atom. The van der Waals surface area contributed by atoms with Gasteiger partial charge in [0, 0.05) is 6.42 Å². The molecule has 1 saturated carbocycles. The van der Waals surface area contributed by atoms with Crippen molar-refractivity contribution in [3.63, 3.8) is 0 Å². The molecule has 4 atom stereocenters. The van der Waals surface area contributed by atoms with Gasteiger partial charge in [-0.3, -0.25) is 9.59 Å². The molecule has 0 bridgehead atoms. The van der Waals surface area contributed by atoms with Gasteiger partial charge in [0.05, 0.1) is 5.92 Å². The maximum absolute atomic E-state index is 12.6. The molecular formula is C20H30O3. The normalized spacial score (nSPS) is 39.0. The average molecular weight is 318 g/mol. The molecule has 0 aromatic rings. The number of unbranched alkanes of at least 4 members (excludes halogenated alkanes) is 3. The number of carbonyl (C=O) groups is 2. The maximum atomic E-state index is 12.6. The van der Waals surface area contributed by atoms with Crippen LogP contribution in [0, 0.1) is 17.3 Å². The SMILES string of the molecule is CCCCCC[C@H]1C(=O)C[C@@]2(C[C@@H]3C=CCCC3)C(=O)O[C@@]12C. The summed E-state index contributed by atoms with van der Waals surface area (Å²) in [6.07, 6.45) is 14.7. The summed E-state index contributed by atoms with van der Waals surface area (Å²) in [5.74, 6) is 0.491. The Morgan fingerprint density at radius 2 is 2.09 bits per heavy atom. The molecule has 3 nitrogen and oxygen atoms in total. The monoisotopic (exact) mass is 318 g/mol. The Hall–Kier alpha value is -1.12. The van der Waals surface area contributed by atoms with E-state index in [0.29, 0.717) is 12.3 Å². The predicted molar refractivity (Wildman–Crippen MR) is 89.9 cm³/mol. The highest BCUT2D eigenvalue weighted by Crippen LogP contribution is 2.62. The van der Waals surface area contributed by atoms with Crippen molar-refractivity contribution in [2.24, 2.45) is 17.3 Å². The molecule has 0 radical (unpaired) electrons. The van der Waals surface area contributed by atoms with Crippen LogP contribution in [0.4, 0.5) is 0 Å². The number of ether oxygens (including phenoxy) is 1. The number of rotatable bonds is 7. The second-order valence-electron chi connectivity index (χ2n) is 7.95. The summed E-state index contributed by atoms with van der Waals surface area (Å²) in [5.41, 5.74) is -1.08. The van der Waals surface area contributed by atoms with Gasteiger partial charge in [-0.1, -0.05) is 44.8 Å². The maximum Gasteiger partial charge on any atom is 0.317 e. The van der Waals surface area contributed by atoms with Gasteiger partial charge in [0.25, 0.3) is 0 Å². The van der Waals surface area contributed by atoms with Gasteiger partial charge in [0.15, 0.2) is 0 Å². The third kappa shape index (κ3) is 2.66. The van der Waals surface area contributed by atoms with Crippen LogP contribution in [-0.2, 0) is 14.3 Å². The number of Topliss-reactive ketones (excluding diaryl/α,β-unsaturated/α-hetero) is 1. The number of hydrogen-bond donors (Lipinski definition) is 0. The number of fused-ring (bicyclic) bond motifs is 1. The van der Waals surface area contributed by atoms with E-state index in [9.17, 15) is 9.59 Å². The van der Waals surface area contributed by atoms with Crippen molar-refractivity contribution < 1.29 is 14.3 Å². The van der Waals surface area contributed by atoms with Crippen molar-refractivity contribution in [3.8, 4) is 0 Å². The van der Waals surface area contributed by atoms with E-state index < -0.39 is 11.0 Å². The summed E-state index contributed by atoms with van der Waals surface area (Å²) in [7, 11) is 0. The van der Waals surface area contributed by atoms with Gasteiger partial charge in [-0.05, 0) is 44.9 Å². The van der Waals surface area contributed by atoms with Crippen LogP contribution in [0.2, 0.25) is 0 Å². The van der Waals surface area contributed by atoms with Gasteiger partial charge < -0.3 is 4.74 Å². The molecule has 1 saturated heterocycles. The molecule has 3 aliphatic rings. The molecule has 0 aromatic heterocycles. The Labute approximate surface area is 139 Å². The minimum atomic E-state index is -0.543. The first-order valence-electron chi connectivity index (χ1n) is 9.46. The van der Waals surface area contributed by atoms with E-state index in [-0.39, 0.29) is 17.7 Å². The third-order valence-corrected chi connectivity index (χ3v) is 6.49. The van der Waals surface area contributed by atoms with Gasteiger partial charge >= 0.3 is 5.97 Å². The lowest BCUT2D eigenvalue weighted by atomic mass is 9.62. The summed E-state index contributed by atoms with van der Waals surface area (Å²) in [4.78, 5) is 25.0. The molecule has 0 amide bonds. The number of ketones is 1. The molecule has 1 aliphatic heterocycles. The molecule has 0 spiro atoms. The predicted octanol–water partition coefficient (Wildman–Crippen LogP) is 4.59. The summed E-state index contributed by atoms with van der Waals surface area (Å²) in [6, 6.07) is 0. The molecule has 3 rings (SSSR count). The fourth-order valence-corrected chi connectivity index (χ4v) is 4.99. The van der Waals surface area contributed by atoms with E-state index in [1.165, 1.54) is 25.7 Å². The third-order valence-electron chi connectivity index (χ3n) is 6.49.